The van der Waals surface area contributed by atoms with E-state index in [1.165, 1.54) is 0 Å². The first-order valence-electron chi connectivity index (χ1n) is 5.83. The van der Waals surface area contributed by atoms with Crippen molar-refractivity contribution in [1.29, 1.82) is 0 Å². The van der Waals surface area contributed by atoms with E-state index in [0.29, 0.717) is 18.9 Å². The highest BCUT2D eigenvalue weighted by Crippen LogP contribution is 2.47. The Kier molecular flexibility index (Phi) is 3.28. The van der Waals surface area contributed by atoms with Crippen molar-refractivity contribution in [3.05, 3.63) is 35.1 Å². The average Bonchev–Trinajstić information content (AvgIpc) is 2.21. The number of halogens is 4. The Bertz CT molecular complexity index is 504. The second-order valence-electron chi connectivity index (χ2n) is 4.93. The molecule has 0 atom stereocenters. The Balaban J connectivity index is 2.44. The average molecular weight is 276 g/mol. The van der Waals surface area contributed by atoms with E-state index in [1.54, 1.807) is 0 Å². The SMILES string of the molecule is O=C(O)CC1(c2cc(F)cc(C(F)(F)F)c2)CCC1. The molecule has 6 heteroatoms. The highest BCUT2D eigenvalue weighted by atomic mass is 19.4. The number of hydrogen-bond donors (Lipinski definition) is 1. The fourth-order valence-corrected chi connectivity index (χ4v) is 2.52. The molecule has 0 radical (unpaired) electrons. The van der Waals surface area contributed by atoms with E-state index in [2.05, 4.69) is 0 Å². The van der Waals surface area contributed by atoms with Gasteiger partial charge in [-0.2, -0.15) is 13.2 Å². The second kappa shape index (κ2) is 4.51. The maximum atomic E-state index is 13.3. The van der Waals surface area contributed by atoms with E-state index in [9.17, 15) is 22.4 Å². The molecule has 0 spiro atoms. The molecule has 0 amide bonds. The standard InChI is InChI=1S/C13H12F4O2/c14-10-5-8(4-9(6-10)13(15,16)17)12(2-1-3-12)7-11(18)19/h4-6H,1-3,7H2,(H,18,19). The van der Waals surface area contributed by atoms with Gasteiger partial charge in [0.1, 0.15) is 5.82 Å². The molecule has 0 aromatic heterocycles. The van der Waals surface area contributed by atoms with Crippen molar-refractivity contribution in [3.63, 3.8) is 0 Å². The first kappa shape index (κ1) is 13.8. The minimum Gasteiger partial charge on any atom is -0.481 e. The van der Waals surface area contributed by atoms with Gasteiger partial charge in [-0.15, -0.1) is 0 Å². The largest absolute Gasteiger partial charge is 0.481 e. The lowest BCUT2D eigenvalue weighted by Crippen LogP contribution is -2.37. The molecule has 1 aliphatic carbocycles. The van der Waals surface area contributed by atoms with Gasteiger partial charge in [0.15, 0.2) is 0 Å². The number of carboxylic acids is 1. The molecule has 104 valence electrons. The molecule has 1 aromatic carbocycles. The Morgan fingerprint density at radius 3 is 2.32 bits per heavy atom. The van der Waals surface area contributed by atoms with Crippen LogP contribution in [0, 0.1) is 5.82 Å². The molecular formula is C13H12F4O2. The third kappa shape index (κ3) is 2.72. The fourth-order valence-electron chi connectivity index (χ4n) is 2.52. The van der Waals surface area contributed by atoms with Crippen LogP contribution in [0.1, 0.15) is 36.8 Å². The van der Waals surface area contributed by atoms with Gasteiger partial charge in [-0.3, -0.25) is 4.79 Å². The van der Waals surface area contributed by atoms with Crippen molar-refractivity contribution in [2.75, 3.05) is 0 Å². The summed E-state index contributed by atoms with van der Waals surface area (Å²) in [5, 5.41) is 8.86. The van der Waals surface area contributed by atoms with Crippen LogP contribution in [-0.2, 0) is 16.4 Å². The van der Waals surface area contributed by atoms with E-state index in [0.717, 1.165) is 18.6 Å². The summed E-state index contributed by atoms with van der Waals surface area (Å²) in [5.74, 6) is -2.07. The topological polar surface area (TPSA) is 37.3 Å². The molecule has 0 aliphatic heterocycles. The zero-order chi connectivity index (χ0) is 14.3. The number of carbonyl (C=O) groups is 1. The highest BCUT2D eigenvalue weighted by Gasteiger charge is 2.42. The molecule has 1 aliphatic rings. The van der Waals surface area contributed by atoms with Crippen molar-refractivity contribution in [2.45, 2.75) is 37.3 Å². The molecule has 19 heavy (non-hydrogen) atoms. The van der Waals surface area contributed by atoms with E-state index in [-0.39, 0.29) is 12.0 Å². The van der Waals surface area contributed by atoms with Gasteiger partial charge in [0, 0.05) is 5.41 Å². The molecule has 2 rings (SSSR count). The normalized spacial score (nSPS) is 17.9. The van der Waals surface area contributed by atoms with Crippen LogP contribution in [0.2, 0.25) is 0 Å². The van der Waals surface area contributed by atoms with Crippen LogP contribution < -0.4 is 0 Å². The number of rotatable bonds is 3. The highest BCUT2D eigenvalue weighted by molar-refractivity contribution is 5.69. The van der Waals surface area contributed by atoms with Crippen molar-refractivity contribution < 1.29 is 27.5 Å². The smallest absolute Gasteiger partial charge is 0.416 e. The number of hydrogen-bond acceptors (Lipinski definition) is 1. The first-order chi connectivity index (χ1) is 8.73. The molecule has 2 nitrogen and oxygen atoms in total. The van der Waals surface area contributed by atoms with Crippen LogP contribution in [0.5, 0.6) is 0 Å². The van der Waals surface area contributed by atoms with Gasteiger partial charge in [0.25, 0.3) is 0 Å². The van der Waals surface area contributed by atoms with E-state index in [1.807, 2.05) is 0 Å². The molecule has 0 unspecified atom stereocenters. The molecule has 1 aromatic rings. The number of benzene rings is 1. The van der Waals surface area contributed by atoms with E-state index < -0.39 is 28.9 Å². The zero-order valence-electron chi connectivity index (χ0n) is 9.93. The lowest BCUT2D eigenvalue weighted by atomic mass is 9.62. The van der Waals surface area contributed by atoms with Crippen molar-refractivity contribution in [2.24, 2.45) is 0 Å². The lowest BCUT2D eigenvalue weighted by Gasteiger charge is -2.41. The molecule has 1 N–H and O–H groups in total. The van der Waals surface area contributed by atoms with Crippen molar-refractivity contribution >= 4 is 5.97 Å². The predicted molar refractivity (Wildman–Crippen MR) is 59.2 cm³/mol. The van der Waals surface area contributed by atoms with Crippen LogP contribution in [0.4, 0.5) is 17.6 Å². The summed E-state index contributed by atoms with van der Waals surface area (Å²) in [7, 11) is 0. The molecule has 1 fully saturated rings. The van der Waals surface area contributed by atoms with Crippen LogP contribution >= 0.6 is 0 Å². The van der Waals surface area contributed by atoms with Crippen molar-refractivity contribution in [3.8, 4) is 0 Å². The summed E-state index contributed by atoms with van der Waals surface area (Å²) in [6.45, 7) is 0. The van der Waals surface area contributed by atoms with Crippen LogP contribution in [-0.4, -0.2) is 11.1 Å². The van der Waals surface area contributed by atoms with Crippen LogP contribution in [0.25, 0.3) is 0 Å². The van der Waals surface area contributed by atoms with Crippen LogP contribution in [0.3, 0.4) is 0 Å². The minimum atomic E-state index is -4.63. The molecule has 0 bridgehead atoms. The predicted octanol–water partition coefficient (Wildman–Crippen LogP) is 3.74. The minimum absolute atomic E-state index is 0.133. The van der Waals surface area contributed by atoms with Gasteiger partial charge in [0.05, 0.1) is 12.0 Å². The Hall–Kier alpha value is -1.59. The Labute approximate surface area is 107 Å². The van der Waals surface area contributed by atoms with Crippen LogP contribution in [0.15, 0.2) is 18.2 Å². The quantitative estimate of drug-likeness (QED) is 0.854. The summed E-state index contributed by atoms with van der Waals surface area (Å²) in [6, 6.07) is 2.30. The fraction of sp³-hybridized carbons (Fsp3) is 0.462. The van der Waals surface area contributed by atoms with E-state index in [4.69, 9.17) is 5.11 Å². The molecule has 0 heterocycles. The Morgan fingerprint density at radius 2 is 1.89 bits per heavy atom. The van der Waals surface area contributed by atoms with Gasteiger partial charge >= 0.3 is 12.1 Å². The number of alkyl halides is 3. The van der Waals surface area contributed by atoms with Gasteiger partial charge < -0.3 is 5.11 Å². The number of carboxylic acid groups (broad SMARTS) is 1. The number of aliphatic carboxylic acids is 1. The lowest BCUT2D eigenvalue weighted by molar-refractivity contribution is -0.139. The molecular weight excluding hydrogens is 264 g/mol. The summed E-state index contributed by atoms with van der Waals surface area (Å²) >= 11 is 0. The third-order valence-electron chi connectivity index (χ3n) is 3.64. The van der Waals surface area contributed by atoms with Gasteiger partial charge in [0.2, 0.25) is 0 Å². The second-order valence-corrected chi connectivity index (χ2v) is 4.93. The van der Waals surface area contributed by atoms with Gasteiger partial charge in [-0.05, 0) is 36.6 Å². The monoisotopic (exact) mass is 276 g/mol. The summed E-state index contributed by atoms with van der Waals surface area (Å²) < 4.78 is 51.3. The molecule has 1 saturated carbocycles. The Morgan fingerprint density at radius 1 is 1.26 bits per heavy atom. The van der Waals surface area contributed by atoms with Gasteiger partial charge in [-0.25, -0.2) is 4.39 Å². The maximum absolute atomic E-state index is 13.3. The first-order valence-corrected chi connectivity index (χ1v) is 5.83. The zero-order valence-corrected chi connectivity index (χ0v) is 9.93. The summed E-state index contributed by atoms with van der Waals surface area (Å²) in [6.07, 6.45) is -3.22. The van der Waals surface area contributed by atoms with E-state index >= 15 is 0 Å². The maximum Gasteiger partial charge on any atom is 0.416 e. The third-order valence-corrected chi connectivity index (χ3v) is 3.64. The summed E-state index contributed by atoms with van der Waals surface area (Å²) in [5.41, 5.74) is -1.79. The molecule has 0 saturated heterocycles. The van der Waals surface area contributed by atoms with Gasteiger partial charge in [-0.1, -0.05) is 6.42 Å². The van der Waals surface area contributed by atoms with Crippen molar-refractivity contribution in [1.82, 2.24) is 0 Å². The summed E-state index contributed by atoms with van der Waals surface area (Å²) in [4.78, 5) is 10.8.